The summed E-state index contributed by atoms with van der Waals surface area (Å²) in [7, 11) is 0. The second-order valence-corrected chi connectivity index (χ2v) is 6.05. The molecule has 0 radical (unpaired) electrons. The minimum absolute atomic E-state index is 0.0874. The Kier molecular flexibility index (Phi) is 4.48. The van der Waals surface area contributed by atoms with Crippen LogP contribution in [0.5, 0.6) is 0 Å². The Balaban J connectivity index is 1.75. The van der Waals surface area contributed by atoms with Crippen LogP contribution in [0.15, 0.2) is 30.5 Å². The number of hydrogen-bond acceptors (Lipinski definition) is 3. The third kappa shape index (κ3) is 3.01. The van der Waals surface area contributed by atoms with Gasteiger partial charge in [0.15, 0.2) is 5.78 Å². The lowest BCUT2D eigenvalue weighted by Gasteiger charge is -2.20. The molecule has 1 aromatic carbocycles. The number of para-hydroxylation sites is 1. The number of nitrogens with zero attached hydrogens (tertiary/aromatic N) is 2. The smallest absolute Gasteiger partial charge is 0.320 e. The van der Waals surface area contributed by atoms with Gasteiger partial charge in [0.2, 0.25) is 0 Å². The van der Waals surface area contributed by atoms with Crippen LogP contribution in [0.25, 0.3) is 10.9 Å². The maximum Gasteiger partial charge on any atom is 0.320 e. The van der Waals surface area contributed by atoms with Crippen molar-refractivity contribution in [3.05, 3.63) is 36.0 Å². The minimum atomic E-state index is -0.780. The molecule has 1 aliphatic heterocycles. The summed E-state index contributed by atoms with van der Waals surface area (Å²) in [6.45, 7) is 4.16. The van der Waals surface area contributed by atoms with E-state index in [1.165, 1.54) is 0 Å². The van der Waals surface area contributed by atoms with Crippen LogP contribution in [0.3, 0.4) is 0 Å². The first kappa shape index (κ1) is 15.7. The second kappa shape index (κ2) is 6.54. The van der Waals surface area contributed by atoms with E-state index >= 15 is 0 Å². The first-order valence-corrected chi connectivity index (χ1v) is 8.19. The number of Topliss-reactive ketones (excluding diaryl/α,β-unsaturated/α-hetero) is 1. The van der Waals surface area contributed by atoms with Gasteiger partial charge in [0.05, 0.1) is 0 Å². The Bertz CT molecular complexity index is 735. The Morgan fingerprint density at radius 3 is 2.83 bits per heavy atom. The van der Waals surface area contributed by atoms with Crippen molar-refractivity contribution in [2.45, 2.75) is 38.8 Å². The van der Waals surface area contributed by atoms with Crippen LogP contribution >= 0.6 is 0 Å². The van der Waals surface area contributed by atoms with Crippen LogP contribution < -0.4 is 0 Å². The van der Waals surface area contributed by atoms with E-state index in [-0.39, 0.29) is 5.78 Å². The van der Waals surface area contributed by atoms with Crippen molar-refractivity contribution in [3.63, 3.8) is 0 Å². The molecule has 0 amide bonds. The van der Waals surface area contributed by atoms with Crippen LogP contribution in [0.4, 0.5) is 0 Å². The van der Waals surface area contributed by atoms with E-state index in [0.29, 0.717) is 19.4 Å². The fourth-order valence-electron chi connectivity index (χ4n) is 3.48. The summed E-state index contributed by atoms with van der Waals surface area (Å²) in [6.07, 6.45) is 3.85. The van der Waals surface area contributed by atoms with Gasteiger partial charge in [-0.15, -0.1) is 0 Å². The monoisotopic (exact) mass is 314 g/mol. The third-order valence-corrected chi connectivity index (χ3v) is 4.70. The van der Waals surface area contributed by atoms with E-state index in [4.69, 9.17) is 0 Å². The van der Waals surface area contributed by atoms with Gasteiger partial charge in [-0.25, -0.2) is 0 Å². The van der Waals surface area contributed by atoms with Gasteiger partial charge in [-0.05, 0) is 32.4 Å². The Morgan fingerprint density at radius 2 is 2.09 bits per heavy atom. The highest BCUT2D eigenvalue weighted by Gasteiger charge is 2.30. The summed E-state index contributed by atoms with van der Waals surface area (Å²) in [4.78, 5) is 25.8. The number of fused-ring (bicyclic) bond motifs is 1. The Hall–Kier alpha value is -2.14. The highest BCUT2D eigenvalue weighted by molar-refractivity contribution is 6.08. The first-order chi connectivity index (χ1) is 11.1. The standard InChI is InChI=1S/C18H22N2O3/c1-2-19-12-14(13-6-3-4-7-15(13)19)17(21)9-11-20-10-5-8-16(20)18(22)23/h3-4,6-7,12,16H,2,5,8-11H2,1H3,(H,22,23). The molecule has 5 heteroatoms. The van der Waals surface area contributed by atoms with Gasteiger partial charge in [-0.3, -0.25) is 14.5 Å². The lowest BCUT2D eigenvalue weighted by atomic mass is 10.1. The average Bonchev–Trinajstić information content (AvgIpc) is 3.17. The van der Waals surface area contributed by atoms with Crippen molar-refractivity contribution in [2.75, 3.05) is 13.1 Å². The Labute approximate surface area is 135 Å². The number of carbonyl (C=O) groups excluding carboxylic acids is 1. The lowest BCUT2D eigenvalue weighted by Crippen LogP contribution is -2.37. The van der Waals surface area contributed by atoms with Crippen LogP contribution in [0.2, 0.25) is 0 Å². The molecular formula is C18H22N2O3. The highest BCUT2D eigenvalue weighted by atomic mass is 16.4. The molecule has 3 rings (SSSR count). The van der Waals surface area contributed by atoms with Gasteiger partial charge in [-0.1, -0.05) is 18.2 Å². The highest BCUT2D eigenvalue weighted by Crippen LogP contribution is 2.23. The molecule has 0 bridgehead atoms. The number of likely N-dealkylation sites (tertiary alicyclic amines) is 1. The summed E-state index contributed by atoms with van der Waals surface area (Å²) in [6, 6.07) is 7.49. The van der Waals surface area contributed by atoms with E-state index in [1.54, 1.807) is 0 Å². The van der Waals surface area contributed by atoms with Crippen molar-refractivity contribution in [3.8, 4) is 0 Å². The first-order valence-electron chi connectivity index (χ1n) is 8.19. The normalized spacial score (nSPS) is 18.6. The molecule has 0 saturated carbocycles. The van der Waals surface area contributed by atoms with Crippen molar-refractivity contribution in [1.82, 2.24) is 9.47 Å². The molecule has 2 heterocycles. The summed E-state index contributed by atoms with van der Waals surface area (Å²) < 4.78 is 2.08. The number of aromatic nitrogens is 1. The van der Waals surface area contributed by atoms with Crippen molar-refractivity contribution in [2.24, 2.45) is 0 Å². The molecule has 1 fully saturated rings. The largest absolute Gasteiger partial charge is 0.480 e. The van der Waals surface area contributed by atoms with E-state index in [9.17, 15) is 14.7 Å². The Morgan fingerprint density at radius 1 is 1.30 bits per heavy atom. The predicted molar refractivity (Wildman–Crippen MR) is 88.8 cm³/mol. The maximum absolute atomic E-state index is 12.6. The molecule has 0 spiro atoms. The number of carbonyl (C=O) groups is 2. The second-order valence-electron chi connectivity index (χ2n) is 6.05. The number of carboxylic acids is 1. The number of aryl methyl sites for hydroxylation is 1. The van der Waals surface area contributed by atoms with Crippen LogP contribution in [-0.2, 0) is 11.3 Å². The van der Waals surface area contributed by atoms with Crippen molar-refractivity contribution >= 4 is 22.7 Å². The molecule has 1 N–H and O–H groups in total. The van der Waals surface area contributed by atoms with E-state index < -0.39 is 12.0 Å². The van der Waals surface area contributed by atoms with Crippen LogP contribution in [-0.4, -0.2) is 45.5 Å². The maximum atomic E-state index is 12.6. The number of benzene rings is 1. The molecule has 122 valence electrons. The van der Waals surface area contributed by atoms with Gasteiger partial charge >= 0.3 is 5.97 Å². The fourth-order valence-corrected chi connectivity index (χ4v) is 3.48. The summed E-state index contributed by atoms with van der Waals surface area (Å²) in [5.74, 6) is -0.693. The molecule has 0 aliphatic carbocycles. The summed E-state index contributed by atoms with van der Waals surface area (Å²) >= 11 is 0. The molecule has 23 heavy (non-hydrogen) atoms. The van der Waals surface area contributed by atoms with Crippen molar-refractivity contribution < 1.29 is 14.7 Å². The number of ketones is 1. The van der Waals surface area contributed by atoms with Gasteiger partial charge in [0, 0.05) is 42.2 Å². The zero-order valence-corrected chi connectivity index (χ0v) is 13.4. The summed E-state index contributed by atoms with van der Waals surface area (Å²) in [5, 5.41) is 10.2. The van der Waals surface area contributed by atoms with Crippen LogP contribution in [0, 0.1) is 0 Å². The predicted octanol–water partition coefficient (Wildman–Crippen LogP) is 2.78. The number of hydrogen-bond donors (Lipinski definition) is 1. The summed E-state index contributed by atoms with van der Waals surface area (Å²) in [5.41, 5.74) is 1.82. The SMILES string of the molecule is CCn1cc(C(=O)CCN2CCCC2C(=O)O)c2ccccc21. The van der Waals surface area contributed by atoms with Gasteiger partial charge in [0.25, 0.3) is 0 Å². The lowest BCUT2D eigenvalue weighted by molar-refractivity contribution is -0.142. The van der Waals surface area contributed by atoms with Gasteiger partial charge in [-0.2, -0.15) is 0 Å². The van der Waals surface area contributed by atoms with Crippen LogP contribution in [0.1, 0.15) is 36.5 Å². The van der Waals surface area contributed by atoms with E-state index in [0.717, 1.165) is 36.0 Å². The minimum Gasteiger partial charge on any atom is -0.480 e. The molecular weight excluding hydrogens is 292 g/mol. The topological polar surface area (TPSA) is 62.5 Å². The van der Waals surface area contributed by atoms with Gasteiger partial charge < -0.3 is 9.67 Å². The molecule has 5 nitrogen and oxygen atoms in total. The molecule has 1 aliphatic rings. The van der Waals surface area contributed by atoms with Crippen molar-refractivity contribution in [1.29, 1.82) is 0 Å². The number of rotatable bonds is 6. The number of aliphatic carboxylic acids is 1. The molecule has 1 saturated heterocycles. The average molecular weight is 314 g/mol. The fraction of sp³-hybridized carbons (Fsp3) is 0.444. The zero-order valence-electron chi connectivity index (χ0n) is 13.4. The zero-order chi connectivity index (χ0) is 16.4. The molecule has 1 atom stereocenters. The van der Waals surface area contributed by atoms with E-state index in [1.807, 2.05) is 35.4 Å². The third-order valence-electron chi connectivity index (χ3n) is 4.70. The quantitative estimate of drug-likeness (QED) is 0.833. The molecule has 1 unspecified atom stereocenters. The molecule has 1 aromatic heterocycles. The van der Waals surface area contributed by atoms with Gasteiger partial charge in [0.1, 0.15) is 6.04 Å². The number of carboxylic acid groups (broad SMARTS) is 1. The molecule has 2 aromatic rings. The van der Waals surface area contributed by atoms with E-state index in [2.05, 4.69) is 11.5 Å².